The highest BCUT2D eigenvalue weighted by Crippen LogP contribution is 2.26. The molecule has 1 heterocycles. The van der Waals surface area contributed by atoms with E-state index in [-0.39, 0.29) is 11.9 Å². The summed E-state index contributed by atoms with van der Waals surface area (Å²) in [5, 5.41) is 7.71. The number of nitrogens with one attached hydrogen (secondary N) is 2. The van der Waals surface area contributed by atoms with Crippen LogP contribution in [0.1, 0.15) is 36.0 Å². The Balaban J connectivity index is 1.37. The number of carbonyl (C=O) groups excluding carboxylic acids is 1. The molecule has 4 rings (SSSR count). The monoisotopic (exact) mass is 421 g/mol. The van der Waals surface area contributed by atoms with Gasteiger partial charge in [-0.3, -0.25) is 4.79 Å². The molecule has 1 saturated carbocycles. The summed E-state index contributed by atoms with van der Waals surface area (Å²) in [6.45, 7) is 0. The van der Waals surface area contributed by atoms with Crippen LogP contribution in [0.15, 0.2) is 53.4 Å². The standard InChI is InChI=1S/C23H27N5OS/c1-28(2)21-19-8-3-4-9-20(19)26-23(27-21)25-17-12-10-16(11-13-17)24-22(29)15-6-5-7-18(30)14-15/h3-9,14,16-17,30H,10-13H2,1-2H3,(H,24,29)(H,25,26,27). The maximum Gasteiger partial charge on any atom is 0.251 e. The third kappa shape index (κ3) is 4.67. The van der Waals surface area contributed by atoms with Crippen molar-refractivity contribution in [3.8, 4) is 0 Å². The largest absolute Gasteiger partial charge is 0.362 e. The number of hydrogen-bond donors (Lipinski definition) is 3. The van der Waals surface area contributed by atoms with Crippen molar-refractivity contribution in [1.82, 2.24) is 15.3 Å². The highest BCUT2D eigenvalue weighted by atomic mass is 32.1. The van der Waals surface area contributed by atoms with Gasteiger partial charge in [-0.15, -0.1) is 12.6 Å². The first-order valence-electron chi connectivity index (χ1n) is 10.3. The van der Waals surface area contributed by atoms with Gasteiger partial charge in [-0.1, -0.05) is 18.2 Å². The minimum atomic E-state index is -0.0317. The number of carbonyl (C=O) groups is 1. The van der Waals surface area contributed by atoms with Gasteiger partial charge in [-0.25, -0.2) is 4.98 Å². The van der Waals surface area contributed by atoms with E-state index in [0.717, 1.165) is 47.3 Å². The predicted molar refractivity (Wildman–Crippen MR) is 125 cm³/mol. The molecule has 0 bridgehead atoms. The van der Waals surface area contributed by atoms with E-state index < -0.39 is 0 Å². The van der Waals surface area contributed by atoms with Gasteiger partial charge in [0.15, 0.2) is 0 Å². The molecular weight excluding hydrogens is 394 g/mol. The number of anilines is 2. The van der Waals surface area contributed by atoms with Crippen molar-refractivity contribution < 1.29 is 4.79 Å². The van der Waals surface area contributed by atoms with Gasteiger partial charge in [0.25, 0.3) is 5.91 Å². The normalized spacial score (nSPS) is 18.8. The molecule has 0 spiro atoms. The molecule has 1 aliphatic rings. The zero-order valence-corrected chi connectivity index (χ0v) is 18.2. The Morgan fingerprint density at radius 2 is 1.73 bits per heavy atom. The zero-order valence-electron chi connectivity index (χ0n) is 17.3. The number of amides is 1. The maximum absolute atomic E-state index is 12.5. The van der Waals surface area contributed by atoms with Crippen LogP contribution in [0.5, 0.6) is 0 Å². The SMILES string of the molecule is CN(C)c1nc(NC2CCC(NC(=O)c3cccc(S)c3)CC2)nc2ccccc12. The minimum Gasteiger partial charge on any atom is -0.362 e. The average Bonchev–Trinajstić information content (AvgIpc) is 2.74. The summed E-state index contributed by atoms with van der Waals surface area (Å²) in [6, 6.07) is 15.9. The van der Waals surface area contributed by atoms with Crippen LogP contribution in [0.2, 0.25) is 0 Å². The molecule has 1 amide bonds. The molecule has 30 heavy (non-hydrogen) atoms. The molecule has 0 saturated heterocycles. The second-order valence-corrected chi connectivity index (χ2v) is 8.52. The topological polar surface area (TPSA) is 70.2 Å². The number of benzene rings is 2. The van der Waals surface area contributed by atoms with Gasteiger partial charge in [0.05, 0.1) is 5.52 Å². The molecule has 7 heteroatoms. The van der Waals surface area contributed by atoms with Gasteiger partial charge in [0.1, 0.15) is 5.82 Å². The molecular formula is C23H27N5OS. The van der Waals surface area contributed by atoms with Crippen molar-refractivity contribution in [3.05, 3.63) is 54.1 Å². The Labute approximate surface area is 182 Å². The fraction of sp³-hybridized carbons (Fsp3) is 0.348. The van der Waals surface area contributed by atoms with Crippen molar-refractivity contribution in [1.29, 1.82) is 0 Å². The summed E-state index contributed by atoms with van der Waals surface area (Å²) in [5.41, 5.74) is 1.59. The lowest BCUT2D eigenvalue weighted by atomic mass is 9.91. The molecule has 0 unspecified atom stereocenters. The Kier molecular flexibility index (Phi) is 6.08. The summed E-state index contributed by atoms with van der Waals surface area (Å²) < 4.78 is 0. The number of thiol groups is 1. The Morgan fingerprint density at radius 1 is 1.00 bits per heavy atom. The van der Waals surface area contributed by atoms with Crippen molar-refractivity contribution in [2.24, 2.45) is 0 Å². The number of nitrogens with zero attached hydrogens (tertiary/aromatic N) is 3. The van der Waals surface area contributed by atoms with Gasteiger partial charge in [0.2, 0.25) is 5.95 Å². The summed E-state index contributed by atoms with van der Waals surface area (Å²) in [4.78, 5) is 24.7. The highest BCUT2D eigenvalue weighted by molar-refractivity contribution is 7.80. The van der Waals surface area contributed by atoms with Crippen LogP contribution in [0.25, 0.3) is 10.9 Å². The van der Waals surface area contributed by atoms with Crippen LogP contribution in [0.3, 0.4) is 0 Å². The molecule has 1 fully saturated rings. The third-order valence-electron chi connectivity index (χ3n) is 5.51. The summed E-state index contributed by atoms with van der Waals surface area (Å²) in [5.74, 6) is 1.54. The third-order valence-corrected chi connectivity index (χ3v) is 5.79. The van der Waals surface area contributed by atoms with Crippen LogP contribution >= 0.6 is 12.6 Å². The van der Waals surface area contributed by atoms with E-state index in [9.17, 15) is 4.79 Å². The molecule has 1 aromatic heterocycles. The van der Waals surface area contributed by atoms with Gasteiger partial charge in [-0.2, -0.15) is 4.98 Å². The average molecular weight is 422 g/mol. The minimum absolute atomic E-state index is 0.0317. The molecule has 2 N–H and O–H groups in total. The number of rotatable bonds is 5. The van der Waals surface area contributed by atoms with E-state index in [4.69, 9.17) is 9.97 Å². The van der Waals surface area contributed by atoms with E-state index >= 15 is 0 Å². The molecule has 3 aromatic rings. The van der Waals surface area contributed by atoms with Crippen LogP contribution in [-0.2, 0) is 0 Å². The van der Waals surface area contributed by atoms with Crippen molar-refractivity contribution >= 4 is 41.2 Å². The summed E-state index contributed by atoms with van der Waals surface area (Å²) >= 11 is 4.31. The molecule has 156 valence electrons. The van der Waals surface area contributed by atoms with E-state index in [1.165, 1.54) is 0 Å². The number of para-hydroxylation sites is 1. The first-order chi connectivity index (χ1) is 14.5. The smallest absolute Gasteiger partial charge is 0.251 e. The van der Waals surface area contributed by atoms with E-state index in [1.807, 2.05) is 61.5 Å². The highest BCUT2D eigenvalue weighted by Gasteiger charge is 2.23. The second-order valence-electron chi connectivity index (χ2n) is 8.00. The van der Waals surface area contributed by atoms with Crippen LogP contribution in [0, 0.1) is 0 Å². The van der Waals surface area contributed by atoms with Crippen molar-refractivity contribution in [2.75, 3.05) is 24.3 Å². The lowest BCUT2D eigenvalue weighted by molar-refractivity contribution is 0.0926. The first-order valence-corrected chi connectivity index (χ1v) is 10.7. The number of aromatic nitrogens is 2. The number of hydrogen-bond acceptors (Lipinski definition) is 6. The van der Waals surface area contributed by atoms with Gasteiger partial charge >= 0.3 is 0 Å². The van der Waals surface area contributed by atoms with Crippen LogP contribution in [0.4, 0.5) is 11.8 Å². The Hall–Kier alpha value is -2.80. The lowest BCUT2D eigenvalue weighted by Gasteiger charge is -2.30. The van der Waals surface area contributed by atoms with Crippen molar-refractivity contribution in [3.63, 3.8) is 0 Å². The predicted octanol–water partition coefficient (Wildman–Crippen LogP) is 4.14. The summed E-state index contributed by atoms with van der Waals surface area (Å²) in [6.07, 6.45) is 3.78. The first kappa shape index (κ1) is 20.5. The van der Waals surface area contributed by atoms with E-state index in [1.54, 1.807) is 6.07 Å². The van der Waals surface area contributed by atoms with Crippen molar-refractivity contribution in [2.45, 2.75) is 42.7 Å². The van der Waals surface area contributed by atoms with Crippen LogP contribution in [-0.4, -0.2) is 42.1 Å². The Morgan fingerprint density at radius 3 is 2.47 bits per heavy atom. The molecule has 1 aliphatic carbocycles. The van der Waals surface area contributed by atoms with Gasteiger partial charge in [-0.05, 0) is 56.0 Å². The van der Waals surface area contributed by atoms with Gasteiger partial charge < -0.3 is 15.5 Å². The molecule has 0 aliphatic heterocycles. The lowest BCUT2D eigenvalue weighted by Crippen LogP contribution is -2.40. The van der Waals surface area contributed by atoms with E-state index in [0.29, 0.717) is 17.6 Å². The fourth-order valence-electron chi connectivity index (χ4n) is 3.95. The Bertz CT molecular complexity index is 1050. The number of fused-ring (bicyclic) bond motifs is 1. The quantitative estimate of drug-likeness (QED) is 0.540. The summed E-state index contributed by atoms with van der Waals surface area (Å²) in [7, 11) is 3.99. The molecule has 6 nitrogen and oxygen atoms in total. The molecule has 2 aromatic carbocycles. The van der Waals surface area contributed by atoms with E-state index in [2.05, 4.69) is 23.3 Å². The maximum atomic E-state index is 12.5. The van der Waals surface area contributed by atoms with Crippen LogP contribution < -0.4 is 15.5 Å². The second kappa shape index (κ2) is 8.92. The molecule has 0 radical (unpaired) electrons. The fourth-order valence-corrected chi connectivity index (χ4v) is 4.17. The molecule has 0 atom stereocenters. The zero-order chi connectivity index (χ0) is 21.1. The van der Waals surface area contributed by atoms with Gasteiger partial charge in [0, 0.05) is 42.0 Å².